The van der Waals surface area contributed by atoms with Gasteiger partial charge in [-0.15, -0.1) is 0 Å². The Hall–Kier alpha value is -1.82. The van der Waals surface area contributed by atoms with Crippen LogP contribution in [0, 0.1) is 0 Å². The largest absolute Gasteiger partial charge is 0.409 e. The highest BCUT2D eigenvalue weighted by Crippen LogP contribution is 2.12. The topological polar surface area (TPSA) is 84.0 Å². The zero-order valence-electron chi connectivity index (χ0n) is 10.3. The van der Waals surface area contributed by atoms with Crippen LogP contribution < -0.4 is 10.6 Å². The van der Waals surface area contributed by atoms with Crippen LogP contribution in [0.5, 0.6) is 0 Å². The Balaban J connectivity index is 2.91. The van der Waals surface area contributed by atoms with Crippen molar-refractivity contribution in [3.8, 4) is 0 Å². The molecule has 1 rings (SSSR count). The molecule has 0 aliphatic carbocycles. The van der Waals surface area contributed by atoms with Gasteiger partial charge in [0.15, 0.2) is 5.84 Å². The molecule has 17 heavy (non-hydrogen) atoms. The molecule has 0 aromatic carbocycles. The molecule has 0 amide bonds. The van der Waals surface area contributed by atoms with Gasteiger partial charge in [-0.3, -0.25) is 0 Å². The van der Waals surface area contributed by atoms with E-state index in [4.69, 9.17) is 15.7 Å². The van der Waals surface area contributed by atoms with E-state index in [0.717, 1.165) is 5.82 Å². The van der Waals surface area contributed by atoms with Gasteiger partial charge >= 0.3 is 0 Å². The SMILES string of the molecule is COCC(C)N(C)c1cccc(C(N)=NO)n1. The first-order chi connectivity index (χ1) is 8.10. The number of rotatable bonds is 5. The number of oxime groups is 1. The highest BCUT2D eigenvalue weighted by molar-refractivity contribution is 5.95. The van der Waals surface area contributed by atoms with Crippen molar-refractivity contribution in [2.24, 2.45) is 10.9 Å². The van der Waals surface area contributed by atoms with Crippen molar-refractivity contribution in [2.75, 3.05) is 25.7 Å². The molecule has 1 heterocycles. The number of aromatic nitrogens is 1. The molecule has 6 heteroatoms. The third-order valence-electron chi connectivity index (χ3n) is 2.53. The molecule has 1 atom stereocenters. The number of hydrogen-bond donors (Lipinski definition) is 2. The maximum Gasteiger partial charge on any atom is 0.188 e. The molecule has 1 aromatic rings. The average Bonchev–Trinajstić information content (AvgIpc) is 2.37. The number of ether oxygens (including phenoxy) is 1. The first kappa shape index (κ1) is 13.2. The van der Waals surface area contributed by atoms with E-state index in [9.17, 15) is 0 Å². The van der Waals surface area contributed by atoms with Crippen LogP contribution in [0.15, 0.2) is 23.4 Å². The Morgan fingerprint density at radius 1 is 1.65 bits per heavy atom. The lowest BCUT2D eigenvalue weighted by Gasteiger charge is -2.25. The van der Waals surface area contributed by atoms with Gasteiger partial charge in [0, 0.05) is 14.2 Å². The lowest BCUT2D eigenvalue weighted by molar-refractivity contribution is 0.183. The molecule has 3 N–H and O–H groups in total. The van der Waals surface area contributed by atoms with Crippen LogP contribution in [0.2, 0.25) is 0 Å². The van der Waals surface area contributed by atoms with Gasteiger partial charge in [-0.1, -0.05) is 11.2 Å². The molecule has 6 nitrogen and oxygen atoms in total. The Labute approximate surface area is 101 Å². The number of nitrogens with zero attached hydrogens (tertiary/aromatic N) is 3. The normalized spacial score (nSPS) is 13.5. The Bertz CT molecular complexity index is 395. The van der Waals surface area contributed by atoms with E-state index in [1.165, 1.54) is 0 Å². The number of nitrogens with two attached hydrogens (primary N) is 1. The molecule has 0 bridgehead atoms. The van der Waals surface area contributed by atoms with E-state index in [1.807, 2.05) is 31.0 Å². The predicted octanol–water partition coefficient (Wildman–Crippen LogP) is 0.647. The Morgan fingerprint density at radius 3 is 2.94 bits per heavy atom. The van der Waals surface area contributed by atoms with E-state index in [-0.39, 0.29) is 11.9 Å². The minimum Gasteiger partial charge on any atom is -0.409 e. The van der Waals surface area contributed by atoms with E-state index < -0.39 is 0 Å². The molecule has 0 aliphatic heterocycles. The number of pyridine rings is 1. The summed E-state index contributed by atoms with van der Waals surface area (Å²) in [5.74, 6) is 0.748. The van der Waals surface area contributed by atoms with E-state index in [0.29, 0.717) is 12.3 Å². The molecule has 0 saturated carbocycles. The molecular weight excluding hydrogens is 220 g/mol. The summed E-state index contributed by atoms with van der Waals surface area (Å²) in [7, 11) is 3.58. The van der Waals surface area contributed by atoms with Crippen LogP contribution in [-0.2, 0) is 4.74 Å². The molecule has 0 spiro atoms. The third kappa shape index (κ3) is 3.32. The molecule has 0 saturated heterocycles. The van der Waals surface area contributed by atoms with Crippen LogP contribution in [0.1, 0.15) is 12.6 Å². The van der Waals surface area contributed by atoms with E-state index >= 15 is 0 Å². The summed E-state index contributed by atoms with van der Waals surface area (Å²) in [5.41, 5.74) is 5.94. The number of likely N-dealkylation sites (N-methyl/N-ethyl adjacent to an activating group) is 1. The standard InChI is InChI=1S/C11H18N4O2/c1-8(7-17-3)15(2)10-6-4-5-9(13-10)11(12)14-16/h4-6,8,16H,7H2,1-3H3,(H2,12,14). The summed E-state index contributed by atoms with van der Waals surface area (Å²) in [6.45, 7) is 2.63. The predicted molar refractivity (Wildman–Crippen MR) is 66.5 cm³/mol. The zero-order chi connectivity index (χ0) is 12.8. The Kier molecular flexibility index (Phi) is 4.71. The van der Waals surface area contributed by atoms with E-state index in [2.05, 4.69) is 10.1 Å². The summed E-state index contributed by atoms with van der Waals surface area (Å²) < 4.78 is 5.09. The van der Waals surface area contributed by atoms with Crippen LogP contribution in [-0.4, -0.2) is 42.8 Å². The zero-order valence-corrected chi connectivity index (χ0v) is 10.3. The molecule has 0 radical (unpaired) electrons. The van der Waals surface area contributed by atoms with Crippen molar-refractivity contribution in [3.63, 3.8) is 0 Å². The van der Waals surface area contributed by atoms with Crippen molar-refractivity contribution in [2.45, 2.75) is 13.0 Å². The molecule has 0 aliphatic rings. The van der Waals surface area contributed by atoms with Gasteiger partial charge < -0.3 is 20.6 Å². The maximum absolute atomic E-state index is 8.60. The van der Waals surface area contributed by atoms with Crippen molar-refractivity contribution in [3.05, 3.63) is 23.9 Å². The number of hydrogen-bond acceptors (Lipinski definition) is 5. The van der Waals surface area contributed by atoms with Crippen molar-refractivity contribution in [1.29, 1.82) is 0 Å². The molecular formula is C11H18N4O2. The number of anilines is 1. The fraction of sp³-hybridized carbons (Fsp3) is 0.455. The van der Waals surface area contributed by atoms with Gasteiger partial charge in [0.05, 0.1) is 12.6 Å². The maximum atomic E-state index is 8.60. The van der Waals surface area contributed by atoms with Gasteiger partial charge in [0.1, 0.15) is 11.5 Å². The van der Waals surface area contributed by atoms with Crippen molar-refractivity contribution < 1.29 is 9.94 Å². The fourth-order valence-corrected chi connectivity index (χ4v) is 1.39. The van der Waals surface area contributed by atoms with Crippen molar-refractivity contribution in [1.82, 2.24) is 4.98 Å². The monoisotopic (exact) mass is 238 g/mol. The van der Waals surface area contributed by atoms with E-state index in [1.54, 1.807) is 13.2 Å². The van der Waals surface area contributed by atoms with Crippen LogP contribution in [0.4, 0.5) is 5.82 Å². The average molecular weight is 238 g/mol. The lowest BCUT2D eigenvalue weighted by Crippen LogP contribution is -2.33. The second-order valence-corrected chi connectivity index (χ2v) is 3.78. The first-order valence-electron chi connectivity index (χ1n) is 5.27. The number of methoxy groups -OCH3 is 1. The fourth-order valence-electron chi connectivity index (χ4n) is 1.39. The molecule has 1 aromatic heterocycles. The summed E-state index contributed by atoms with van der Waals surface area (Å²) in [6.07, 6.45) is 0. The second-order valence-electron chi connectivity index (χ2n) is 3.78. The highest BCUT2D eigenvalue weighted by atomic mass is 16.5. The first-order valence-corrected chi connectivity index (χ1v) is 5.27. The van der Waals surface area contributed by atoms with Gasteiger partial charge in [-0.25, -0.2) is 4.98 Å². The third-order valence-corrected chi connectivity index (χ3v) is 2.53. The van der Waals surface area contributed by atoms with Gasteiger partial charge in [0.25, 0.3) is 0 Å². The van der Waals surface area contributed by atoms with Crippen molar-refractivity contribution >= 4 is 11.7 Å². The molecule has 1 unspecified atom stereocenters. The van der Waals surface area contributed by atoms with Gasteiger partial charge in [-0.05, 0) is 19.1 Å². The molecule has 94 valence electrons. The highest BCUT2D eigenvalue weighted by Gasteiger charge is 2.12. The smallest absolute Gasteiger partial charge is 0.188 e. The van der Waals surface area contributed by atoms with Gasteiger partial charge in [0.2, 0.25) is 0 Å². The molecule has 0 fully saturated rings. The summed E-state index contributed by atoms with van der Waals surface area (Å²) in [4.78, 5) is 6.27. The van der Waals surface area contributed by atoms with Crippen LogP contribution >= 0.6 is 0 Å². The number of amidine groups is 1. The Morgan fingerprint density at radius 2 is 2.35 bits per heavy atom. The minimum atomic E-state index is -0.000329. The lowest BCUT2D eigenvalue weighted by atomic mass is 10.3. The quantitative estimate of drug-likeness (QED) is 0.340. The summed E-state index contributed by atoms with van der Waals surface area (Å²) >= 11 is 0. The second kappa shape index (κ2) is 6.05. The minimum absolute atomic E-state index is 0.000329. The summed E-state index contributed by atoms with van der Waals surface area (Å²) in [6, 6.07) is 5.55. The summed E-state index contributed by atoms with van der Waals surface area (Å²) in [5, 5.41) is 11.5. The van der Waals surface area contributed by atoms with Gasteiger partial charge in [-0.2, -0.15) is 0 Å². The van der Waals surface area contributed by atoms with Crippen LogP contribution in [0.3, 0.4) is 0 Å². The van der Waals surface area contributed by atoms with Crippen LogP contribution in [0.25, 0.3) is 0 Å².